The second-order valence-electron chi connectivity index (χ2n) is 4.04. The van der Waals surface area contributed by atoms with Crippen LogP contribution >= 0.6 is 0 Å². The summed E-state index contributed by atoms with van der Waals surface area (Å²) in [4.78, 5) is 10.8. The van der Waals surface area contributed by atoms with Gasteiger partial charge in [0.15, 0.2) is 5.79 Å². The number of hydrogen-bond donors (Lipinski definition) is 1. The van der Waals surface area contributed by atoms with Crippen LogP contribution < -0.4 is 0 Å². The van der Waals surface area contributed by atoms with Crippen molar-refractivity contribution >= 4 is 16.1 Å². The van der Waals surface area contributed by atoms with Gasteiger partial charge in [-0.25, -0.2) is 4.79 Å². The molecule has 0 aromatic heterocycles. The van der Waals surface area contributed by atoms with Crippen LogP contribution in [0.25, 0.3) is 0 Å². The van der Waals surface area contributed by atoms with Gasteiger partial charge in [0.05, 0.1) is 6.61 Å². The van der Waals surface area contributed by atoms with Crippen LogP contribution in [-0.4, -0.2) is 49.3 Å². The molecule has 1 heterocycles. The zero-order valence-corrected chi connectivity index (χ0v) is 10.4. The predicted octanol–water partition coefficient (Wildman–Crippen LogP) is 0.162. The summed E-state index contributed by atoms with van der Waals surface area (Å²) >= 11 is 0. The second-order valence-corrected chi connectivity index (χ2v) is 5.50. The van der Waals surface area contributed by atoms with Gasteiger partial charge in [0.2, 0.25) is 0 Å². The smallest absolute Gasteiger partial charge is 0.457 e. The van der Waals surface area contributed by atoms with Gasteiger partial charge in [0.1, 0.15) is 12.7 Å². The molecule has 106 valence electrons. The average Bonchev–Trinajstić information content (AvgIpc) is 2.52. The van der Waals surface area contributed by atoms with E-state index in [1.54, 1.807) is 13.8 Å². The van der Waals surface area contributed by atoms with E-state index in [0.29, 0.717) is 0 Å². The molecule has 18 heavy (non-hydrogen) atoms. The Balaban J connectivity index is 2.53. The van der Waals surface area contributed by atoms with E-state index in [4.69, 9.17) is 14.0 Å². The highest BCUT2D eigenvalue weighted by molar-refractivity contribution is 7.87. The maximum absolute atomic E-state index is 12.8. The predicted molar refractivity (Wildman–Crippen MR) is 52.4 cm³/mol. The van der Waals surface area contributed by atoms with Gasteiger partial charge in [-0.3, -0.25) is 4.55 Å². The number of carbonyl (C=O) groups excluding carboxylic acids is 1. The molecule has 7 nitrogen and oxygen atoms in total. The molecule has 1 atom stereocenters. The van der Waals surface area contributed by atoms with Crippen LogP contribution in [-0.2, 0) is 29.1 Å². The highest BCUT2D eigenvalue weighted by Gasteiger charge is 2.54. The summed E-state index contributed by atoms with van der Waals surface area (Å²) in [6, 6.07) is 0. The molecular formula is C8H12F2O7S. The molecule has 1 saturated heterocycles. The van der Waals surface area contributed by atoms with Crippen molar-refractivity contribution in [2.45, 2.75) is 31.0 Å². The van der Waals surface area contributed by atoms with Crippen LogP contribution in [0.5, 0.6) is 0 Å². The lowest BCUT2D eigenvalue weighted by atomic mass is 10.4. The summed E-state index contributed by atoms with van der Waals surface area (Å²) in [6.07, 6.45) is -0.777. The van der Waals surface area contributed by atoms with Crippen molar-refractivity contribution in [3.63, 3.8) is 0 Å². The van der Waals surface area contributed by atoms with Gasteiger partial charge >= 0.3 is 21.3 Å². The van der Waals surface area contributed by atoms with Crippen LogP contribution in [0.1, 0.15) is 13.8 Å². The fourth-order valence-electron chi connectivity index (χ4n) is 1.20. The van der Waals surface area contributed by atoms with Crippen LogP contribution in [0, 0.1) is 0 Å². The Morgan fingerprint density at radius 2 is 2.11 bits per heavy atom. The Labute approximate surface area is 102 Å². The van der Waals surface area contributed by atoms with E-state index in [1.165, 1.54) is 0 Å². The van der Waals surface area contributed by atoms with Crippen molar-refractivity contribution < 1.29 is 40.8 Å². The van der Waals surface area contributed by atoms with E-state index in [0.717, 1.165) is 0 Å². The number of rotatable bonds is 4. The van der Waals surface area contributed by atoms with Gasteiger partial charge < -0.3 is 14.2 Å². The van der Waals surface area contributed by atoms with Gasteiger partial charge in [-0.05, 0) is 13.8 Å². The first-order valence-corrected chi connectivity index (χ1v) is 6.23. The van der Waals surface area contributed by atoms with E-state index in [-0.39, 0.29) is 6.61 Å². The molecule has 0 aromatic rings. The molecule has 10 heteroatoms. The maximum atomic E-state index is 12.8. The monoisotopic (exact) mass is 290 g/mol. The first kappa shape index (κ1) is 15.2. The number of halogens is 2. The van der Waals surface area contributed by atoms with Gasteiger partial charge in [-0.1, -0.05) is 0 Å². The molecule has 0 radical (unpaired) electrons. The third-order valence-corrected chi connectivity index (χ3v) is 2.84. The first-order chi connectivity index (χ1) is 7.96. The summed E-state index contributed by atoms with van der Waals surface area (Å²) in [5, 5.41) is -5.00. The van der Waals surface area contributed by atoms with Gasteiger partial charge in [-0.2, -0.15) is 17.2 Å². The molecule has 0 saturated carbocycles. The Morgan fingerprint density at radius 3 is 2.50 bits per heavy atom. The molecule has 0 aromatic carbocycles. The van der Waals surface area contributed by atoms with Crippen LogP contribution in [0.15, 0.2) is 0 Å². The molecule has 0 amide bonds. The quantitative estimate of drug-likeness (QED) is 0.581. The van der Waals surface area contributed by atoms with Crippen molar-refractivity contribution in [3.05, 3.63) is 0 Å². The van der Waals surface area contributed by atoms with Crippen LogP contribution in [0.2, 0.25) is 0 Å². The number of ether oxygens (including phenoxy) is 3. The molecule has 1 aliphatic rings. The third-order valence-electron chi connectivity index (χ3n) is 2.03. The third kappa shape index (κ3) is 3.34. The van der Waals surface area contributed by atoms with E-state index in [1.807, 2.05) is 0 Å². The van der Waals surface area contributed by atoms with E-state index in [2.05, 4.69) is 4.74 Å². The topological polar surface area (TPSA) is 99.1 Å². The largest absolute Gasteiger partial charge is 0.465 e. The summed E-state index contributed by atoms with van der Waals surface area (Å²) < 4.78 is 68.5. The molecule has 1 N–H and O–H groups in total. The standard InChI is InChI=1S/C8H12F2O7S/c1-7(2)16-4-5(17-7)3-15-6(11)8(9,10)18(12,13)14/h5H,3-4H2,1-2H3,(H,12,13,14). The fraction of sp³-hybridized carbons (Fsp3) is 0.875. The Kier molecular flexibility index (Phi) is 3.96. The summed E-state index contributed by atoms with van der Waals surface area (Å²) in [7, 11) is -5.85. The average molecular weight is 290 g/mol. The minimum atomic E-state index is -5.85. The number of hydrogen-bond acceptors (Lipinski definition) is 6. The molecule has 1 unspecified atom stereocenters. The zero-order chi connectivity index (χ0) is 14.2. The Bertz CT molecular complexity index is 431. The van der Waals surface area contributed by atoms with E-state index in [9.17, 15) is 22.0 Å². The minimum Gasteiger partial charge on any atom is -0.457 e. The van der Waals surface area contributed by atoms with E-state index >= 15 is 0 Å². The molecule has 0 spiro atoms. The van der Waals surface area contributed by atoms with E-state index < -0.39 is 39.8 Å². The molecular weight excluding hydrogens is 278 g/mol. The van der Waals surface area contributed by atoms with Crippen LogP contribution in [0.4, 0.5) is 8.78 Å². The molecule has 1 fully saturated rings. The lowest BCUT2D eigenvalue weighted by Crippen LogP contribution is -2.40. The van der Waals surface area contributed by atoms with Crippen molar-refractivity contribution in [2.75, 3.05) is 13.2 Å². The number of esters is 1. The van der Waals surface area contributed by atoms with Gasteiger partial charge in [-0.15, -0.1) is 0 Å². The van der Waals surface area contributed by atoms with Gasteiger partial charge in [0, 0.05) is 0 Å². The number of alkyl halides is 2. The van der Waals surface area contributed by atoms with Crippen molar-refractivity contribution in [1.29, 1.82) is 0 Å². The summed E-state index contributed by atoms with van der Waals surface area (Å²) in [5.74, 6) is -3.29. The zero-order valence-electron chi connectivity index (χ0n) is 9.55. The lowest BCUT2D eigenvalue weighted by Gasteiger charge is -2.17. The van der Waals surface area contributed by atoms with Crippen molar-refractivity contribution in [3.8, 4) is 0 Å². The molecule has 0 bridgehead atoms. The van der Waals surface area contributed by atoms with Crippen molar-refractivity contribution in [2.24, 2.45) is 0 Å². The van der Waals surface area contributed by atoms with Gasteiger partial charge in [0.25, 0.3) is 0 Å². The highest BCUT2D eigenvalue weighted by atomic mass is 32.2. The normalized spacial score (nSPS) is 23.9. The molecule has 1 rings (SSSR count). The second kappa shape index (κ2) is 4.68. The van der Waals surface area contributed by atoms with Crippen molar-refractivity contribution in [1.82, 2.24) is 0 Å². The SMILES string of the molecule is CC1(C)OCC(COC(=O)C(F)(F)S(=O)(=O)O)O1. The first-order valence-electron chi connectivity index (χ1n) is 4.79. The Morgan fingerprint density at radius 1 is 1.56 bits per heavy atom. The summed E-state index contributed by atoms with van der Waals surface area (Å²) in [5.41, 5.74) is 0. The fourth-order valence-corrected chi connectivity index (χ4v) is 1.47. The molecule has 0 aliphatic carbocycles. The van der Waals surface area contributed by atoms with Crippen LogP contribution in [0.3, 0.4) is 0 Å². The highest BCUT2D eigenvalue weighted by Crippen LogP contribution is 2.25. The Hall–Kier alpha value is -0.840. The molecule has 1 aliphatic heterocycles. The maximum Gasteiger partial charge on any atom is 0.465 e. The summed E-state index contributed by atoms with van der Waals surface area (Å²) in [6.45, 7) is 2.55. The minimum absolute atomic E-state index is 0.0116. The number of carbonyl (C=O) groups is 1. The lowest BCUT2D eigenvalue weighted by molar-refractivity contribution is -0.170.